The van der Waals surface area contributed by atoms with Crippen molar-refractivity contribution in [1.29, 1.82) is 5.26 Å². The molecule has 0 aromatic rings. The summed E-state index contributed by atoms with van der Waals surface area (Å²) in [6, 6.07) is 2.18. The molecule has 0 saturated carbocycles. The Morgan fingerprint density at radius 2 is 1.59 bits per heavy atom. The molecule has 3 heterocycles. The first-order valence-electron chi connectivity index (χ1n) is 8.10. The minimum Gasteiger partial charge on any atom is -0.333 e. The molecule has 7 nitrogen and oxygen atoms in total. The van der Waals surface area contributed by atoms with Gasteiger partial charge in [-0.25, -0.2) is 0 Å². The maximum atomic E-state index is 12.1. The maximum absolute atomic E-state index is 12.1. The first-order valence-corrected chi connectivity index (χ1v) is 8.10. The van der Waals surface area contributed by atoms with Crippen molar-refractivity contribution in [2.45, 2.75) is 19.3 Å². The zero-order valence-electron chi connectivity index (χ0n) is 13.1. The lowest BCUT2D eigenvalue weighted by Gasteiger charge is -2.34. The highest BCUT2D eigenvalue weighted by atomic mass is 16.2. The van der Waals surface area contributed by atoms with Gasteiger partial charge < -0.3 is 20.0 Å². The number of nitrogens with zero attached hydrogens (tertiary/aromatic N) is 4. The average molecular weight is 307 g/mol. The van der Waals surface area contributed by atoms with E-state index in [2.05, 4.69) is 16.3 Å². The largest absolute Gasteiger partial charge is 0.333 e. The van der Waals surface area contributed by atoms with Crippen LogP contribution in [0, 0.1) is 11.3 Å². The van der Waals surface area contributed by atoms with Gasteiger partial charge in [0.1, 0.15) is 0 Å². The van der Waals surface area contributed by atoms with Gasteiger partial charge in [-0.2, -0.15) is 5.26 Å². The Morgan fingerprint density at radius 3 is 2.27 bits per heavy atom. The smallest absolute Gasteiger partial charge is 0.312 e. The molecular weight excluding hydrogens is 282 g/mol. The van der Waals surface area contributed by atoms with E-state index in [0.717, 1.165) is 45.6 Å². The molecule has 3 saturated heterocycles. The number of piperazine rings is 1. The van der Waals surface area contributed by atoms with Crippen molar-refractivity contribution < 1.29 is 9.59 Å². The summed E-state index contributed by atoms with van der Waals surface area (Å²) in [5.74, 6) is -0.718. The number of nitrogens with one attached hydrogen (secondary N) is 1. The Bertz CT molecular complexity index is 432. The van der Waals surface area contributed by atoms with Crippen LogP contribution in [0.15, 0.2) is 0 Å². The fourth-order valence-corrected chi connectivity index (χ4v) is 2.93. The molecule has 122 valence electrons. The van der Waals surface area contributed by atoms with Gasteiger partial charge in [0, 0.05) is 52.2 Å². The second-order valence-corrected chi connectivity index (χ2v) is 5.79. The monoisotopic (exact) mass is 307 g/mol. The molecule has 22 heavy (non-hydrogen) atoms. The van der Waals surface area contributed by atoms with Crippen molar-refractivity contribution in [2.24, 2.45) is 0 Å². The van der Waals surface area contributed by atoms with Crippen LogP contribution in [0.5, 0.6) is 0 Å². The molecule has 0 aromatic carbocycles. The minimum absolute atomic E-state index is 0.357. The third kappa shape index (κ3) is 4.68. The Morgan fingerprint density at radius 1 is 0.909 bits per heavy atom. The number of amides is 2. The van der Waals surface area contributed by atoms with Gasteiger partial charge in [0.15, 0.2) is 0 Å². The molecule has 0 aliphatic carbocycles. The summed E-state index contributed by atoms with van der Waals surface area (Å²) >= 11 is 0. The van der Waals surface area contributed by atoms with E-state index in [4.69, 9.17) is 5.26 Å². The average Bonchev–Trinajstić information content (AvgIpc) is 2.53. The van der Waals surface area contributed by atoms with Crippen LogP contribution in [0.2, 0.25) is 0 Å². The molecule has 0 radical (unpaired) electrons. The van der Waals surface area contributed by atoms with Crippen LogP contribution < -0.4 is 5.32 Å². The number of fused-ring (bicyclic) bond motifs is 11. The fourth-order valence-electron chi connectivity index (χ4n) is 2.93. The maximum Gasteiger partial charge on any atom is 0.312 e. The third-order valence-corrected chi connectivity index (χ3v) is 4.23. The van der Waals surface area contributed by atoms with Gasteiger partial charge in [-0.05, 0) is 25.9 Å². The van der Waals surface area contributed by atoms with Crippen LogP contribution in [0.4, 0.5) is 0 Å². The highest BCUT2D eigenvalue weighted by Crippen LogP contribution is 2.07. The molecule has 7 heteroatoms. The van der Waals surface area contributed by atoms with Gasteiger partial charge in [-0.1, -0.05) is 0 Å². The van der Waals surface area contributed by atoms with Crippen molar-refractivity contribution in [3.63, 3.8) is 0 Å². The SMILES string of the molecule is N#CCCN1CCCN2CCN(CCCNCC1)C(=O)C2=O. The van der Waals surface area contributed by atoms with Gasteiger partial charge in [-0.3, -0.25) is 9.59 Å². The lowest BCUT2D eigenvalue weighted by atomic mass is 10.2. The van der Waals surface area contributed by atoms with Crippen molar-refractivity contribution in [3.05, 3.63) is 0 Å². The van der Waals surface area contributed by atoms with E-state index in [1.54, 1.807) is 9.80 Å². The van der Waals surface area contributed by atoms with Crippen LogP contribution in [0.3, 0.4) is 0 Å². The van der Waals surface area contributed by atoms with Crippen LogP contribution in [0.1, 0.15) is 19.3 Å². The lowest BCUT2D eigenvalue weighted by molar-refractivity contribution is -0.156. The minimum atomic E-state index is -0.361. The number of hydrogen-bond donors (Lipinski definition) is 1. The van der Waals surface area contributed by atoms with E-state index in [1.165, 1.54) is 0 Å². The van der Waals surface area contributed by atoms with Crippen LogP contribution in [0.25, 0.3) is 0 Å². The summed E-state index contributed by atoms with van der Waals surface area (Å²) in [5, 5.41) is 12.1. The van der Waals surface area contributed by atoms with E-state index in [-0.39, 0.29) is 11.8 Å². The van der Waals surface area contributed by atoms with E-state index in [0.29, 0.717) is 32.6 Å². The molecular formula is C15H25N5O2. The summed E-state index contributed by atoms with van der Waals surface area (Å²) in [6.45, 7) is 6.80. The molecule has 0 spiro atoms. The molecule has 2 amide bonds. The van der Waals surface area contributed by atoms with E-state index >= 15 is 0 Å². The molecule has 3 aliphatic rings. The van der Waals surface area contributed by atoms with Gasteiger partial charge in [0.25, 0.3) is 0 Å². The highest BCUT2D eigenvalue weighted by molar-refractivity contribution is 6.35. The first kappa shape index (κ1) is 16.7. The predicted molar refractivity (Wildman–Crippen MR) is 81.9 cm³/mol. The second-order valence-electron chi connectivity index (χ2n) is 5.79. The standard InChI is InChI=1S/C15H25N5O2/c16-4-1-7-18-8-3-10-20-13-12-19(14(21)15(20)22)9-2-5-17-6-11-18/h17H,1-3,5-13H2. The Kier molecular flexibility index (Phi) is 6.62. The summed E-state index contributed by atoms with van der Waals surface area (Å²) in [4.78, 5) is 29.7. The highest BCUT2D eigenvalue weighted by Gasteiger charge is 2.31. The van der Waals surface area contributed by atoms with E-state index < -0.39 is 0 Å². The second kappa shape index (κ2) is 8.71. The van der Waals surface area contributed by atoms with Gasteiger partial charge >= 0.3 is 11.8 Å². The lowest BCUT2D eigenvalue weighted by Crippen LogP contribution is -2.55. The van der Waals surface area contributed by atoms with Gasteiger partial charge in [0.05, 0.1) is 6.07 Å². The van der Waals surface area contributed by atoms with Crippen molar-refractivity contribution >= 4 is 11.8 Å². The molecule has 0 atom stereocenters. The topological polar surface area (TPSA) is 79.7 Å². The molecule has 3 aliphatic heterocycles. The summed E-state index contributed by atoms with van der Waals surface area (Å²) in [7, 11) is 0. The molecule has 3 fully saturated rings. The molecule has 1 N–H and O–H groups in total. The zero-order chi connectivity index (χ0) is 15.8. The van der Waals surface area contributed by atoms with Crippen LogP contribution in [-0.4, -0.2) is 85.4 Å². The Balaban J connectivity index is 1.93. The quantitative estimate of drug-likeness (QED) is 0.680. The Labute approximate surface area is 131 Å². The summed E-state index contributed by atoms with van der Waals surface area (Å²) in [5.41, 5.74) is 0. The predicted octanol–water partition coefficient (Wildman–Crippen LogP) is -0.744. The van der Waals surface area contributed by atoms with Crippen molar-refractivity contribution in [2.75, 3.05) is 58.9 Å². The molecule has 3 rings (SSSR count). The van der Waals surface area contributed by atoms with E-state index in [1.807, 2.05) is 0 Å². The summed E-state index contributed by atoms with van der Waals surface area (Å²) in [6.07, 6.45) is 2.22. The first-order chi connectivity index (χ1) is 10.7. The van der Waals surface area contributed by atoms with Crippen LogP contribution >= 0.6 is 0 Å². The number of carbonyl (C=O) groups excluding carboxylic acids is 2. The van der Waals surface area contributed by atoms with Gasteiger partial charge in [-0.15, -0.1) is 0 Å². The molecule has 0 unspecified atom stereocenters. The third-order valence-electron chi connectivity index (χ3n) is 4.23. The van der Waals surface area contributed by atoms with Crippen LogP contribution in [-0.2, 0) is 9.59 Å². The van der Waals surface area contributed by atoms with Gasteiger partial charge in [0.2, 0.25) is 0 Å². The number of nitriles is 1. The molecule has 0 aromatic heterocycles. The van der Waals surface area contributed by atoms with E-state index in [9.17, 15) is 9.59 Å². The van der Waals surface area contributed by atoms with Crippen molar-refractivity contribution in [1.82, 2.24) is 20.0 Å². The number of hydrogen-bond acceptors (Lipinski definition) is 5. The summed E-state index contributed by atoms with van der Waals surface area (Å²) < 4.78 is 0. The fraction of sp³-hybridized carbons (Fsp3) is 0.800. The normalized spacial score (nSPS) is 22.5. The Hall–Kier alpha value is -1.65. The van der Waals surface area contributed by atoms with Crippen molar-refractivity contribution in [3.8, 4) is 6.07 Å². The number of rotatable bonds is 2. The molecule has 2 bridgehead atoms. The number of carbonyl (C=O) groups is 2. The zero-order valence-corrected chi connectivity index (χ0v) is 13.1.